The molecule has 1 heterocycles. The number of nitrogens with one attached hydrogen (secondary N) is 1. The summed E-state index contributed by atoms with van der Waals surface area (Å²) in [5.74, 6) is -0.0918. The molecule has 0 unspecified atom stereocenters. The van der Waals surface area contributed by atoms with Crippen LogP contribution in [-0.2, 0) is 6.42 Å². The Labute approximate surface area is 127 Å². The zero-order chi connectivity index (χ0) is 14.1. The van der Waals surface area contributed by atoms with E-state index < -0.39 is 0 Å². The van der Waals surface area contributed by atoms with Gasteiger partial charge < -0.3 is 5.32 Å². The van der Waals surface area contributed by atoms with Crippen molar-refractivity contribution in [2.24, 2.45) is 0 Å². The molecule has 0 saturated carbocycles. The molecule has 2 nitrogen and oxygen atoms in total. The van der Waals surface area contributed by atoms with Crippen LogP contribution in [-0.4, -0.2) is 12.3 Å². The molecule has 0 fully saturated rings. The van der Waals surface area contributed by atoms with E-state index in [9.17, 15) is 4.79 Å². The summed E-state index contributed by atoms with van der Waals surface area (Å²) in [6.45, 7) is 0.987. The van der Waals surface area contributed by atoms with Crippen LogP contribution in [0.4, 0.5) is 5.69 Å². The Kier molecular flexibility index (Phi) is 3.68. The van der Waals surface area contributed by atoms with Gasteiger partial charge in [-0.25, -0.2) is 0 Å². The highest BCUT2D eigenvalue weighted by molar-refractivity contribution is 6.44. The van der Waals surface area contributed by atoms with Crippen molar-refractivity contribution in [1.82, 2.24) is 0 Å². The number of hydrogen-bond donors (Lipinski definition) is 1. The van der Waals surface area contributed by atoms with Crippen molar-refractivity contribution in [3.63, 3.8) is 0 Å². The van der Waals surface area contributed by atoms with Crippen LogP contribution in [0.5, 0.6) is 0 Å². The molecule has 20 heavy (non-hydrogen) atoms. The van der Waals surface area contributed by atoms with Crippen molar-refractivity contribution in [2.45, 2.75) is 12.8 Å². The second-order valence-electron chi connectivity index (χ2n) is 4.83. The molecule has 0 bridgehead atoms. The third kappa shape index (κ3) is 2.41. The Balaban J connectivity index is 2.00. The molecule has 0 saturated heterocycles. The minimum absolute atomic E-state index is 0.0918. The molecule has 2 aromatic carbocycles. The molecular formula is C16H13Cl2NO. The van der Waals surface area contributed by atoms with Gasteiger partial charge in [-0.05, 0) is 48.7 Å². The standard InChI is InChI=1S/C16H13Cl2NO/c17-13-5-1-4-12(15(13)18)16(20)11-6-7-14-10(9-11)3-2-8-19-14/h1,4-7,9,19H,2-3,8H2. The lowest BCUT2D eigenvalue weighted by atomic mass is 9.96. The van der Waals surface area contributed by atoms with Crippen molar-refractivity contribution in [1.29, 1.82) is 0 Å². The van der Waals surface area contributed by atoms with Gasteiger partial charge in [0.25, 0.3) is 0 Å². The molecule has 0 radical (unpaired) electrons. The van der Waals surface area contributed by atoms with E-state index in [0.29, 0.717) is 21.2 Å². The first-order chi connectivity index (χ1) is 9.66. The predicted molar refractivity (Wildman–Crippen MR) is 83.1 cm³/mol. The van der Waals surface area contributed by atoms with Crippen LogP contribution in [0.15, 0.2) is 36.4 Å². The summed E-state index contributed by atoms with van der Waals surface area (Å²) < 4.78 is 0. The van der Waals surface area contributed by atoms with Gasteiger partial charge in [-0.2, -0.15) is 0 Å². The molecule has 4 heteroatoms. The zero-order valence-corrected chi connectivity index (χ0v) is 12.3. The molecule has 0 aliphatic carbocycles. The predicted octanol–water partition coefficient (Wildman–Crippen LogP) is 4.58. The third-order valence-corrected chi connectivity index (χ3v) is 4.32. The van der Waals surface area contributed by atoms with E-state index in [2.05, 4.69) is 5.32 Å². The summed E-state index contributed by atoms with van der Waals surface area (Å²) in [6, 6.07) is 10.9. The molecule has 0 atom stereocenters. The van der Waals surface area contributed by atoms with E-state index in [1.54, 1.807) is 18.2 Å². The molecule has 0 spiro atoms. The van der Waals surface area contributed by atoms with Crippen LogP contribution in [0.25, 0.3) is 0 Å². The maximum Gasteiger partial charge on any atom is 0.194 e. The first-order valence-electron chi connectivity index (χ1n) is 6.52. The number of rotatable bonds is 2. The number of ketones is 1. The number of benzene rings is 2. The topological polar surface area (TPSA) is 29.1 Å². The van der Waals surface area contributed by atoms with Crippen LogP contribution in [0.2, 0.25) is 10.0 Å². The van der Waals surface area contributed by atoms with Crippen molar-refractivity contribution in [3.8, 4) is 0 Å². The number of anilines is 1. The van der Waals surface area contributed by atoms with Gasteiger partial charge in [-0.3, -0.25) is 4.79 Å². The van der Waals surface area contributed by atoms with E-state index in [1.165, 1.54) is 5.56 Å². The maximum absolute atomic E-state index is 12.5. The lowest BCUT2D eigenvalue weighted by Crippen LogP contribution is -2.13. The summed E-state index contributed by atoms with van der Waals surface area (Å²) in [6.07, 6.45) is 2.08. The van der Waals surface area contributed by atoms with Gasteiger partial charge in [0.2, 0.25) is 0 Å². The number of hydrogen-bond acceptors (Lipinski definition) is 2. The van der Waals surface area contributed by atoms with Crippen molar-refractivity contribution in [3.05, 3.63) is 63.1 Å². The molecule has 1 aliphatic rings. The smallest absolute Gasteiger partial charge is 0.194 e. The average Bonchev–Trinajstić information content (AvgIpc) is 2.49. The number of carbonyl (C=O) groups excluding carboxylic acids is 1. The van der Waals surface area contributed by atoms with Gasteiger partial charge >= 0.3 is 0 Å². The van der Waals surface area contributed by atoms with Gasteiger partial charge in [-0.1, -0.05) is 29.3 Å². The molecule has 102 valence electrons. The normalized spacial score (nSPS) is 13.5. The summed E-state index contributed by atoms with van der Waals surface area (Å²) in [5, 5.41) is 4.05. The van der Waals surface area contributed by atoms with E-state index in [1.807, 2.05) is 18.2 Å². The average molecular weight is 306 g/mol. The van der Waals surface area contributed by atoms with Crippen LogP contribution >= 0.6 is 23.2 Å². The van der Waals surface area contributed by atoms with Crippen LogP contribution in [0, 0.1) is 0 Å². The van der Waals surface area contributed by atoms with E-state index in [-0.39, 0.29) is 5.78 Å². The van der Waals surface area contributed by atoms with Crippen LogP contribution in [0.3, 0.4) is 0 Å². The molecule has 3 rings (SSSR count). The number of halogens is 2. The minimum atomic E-state index is -0.0918. The highest BCUT2D eigenvalue weighted by Gasteiger charge is 2.17. The van der Waals surface area contributed by atoms with Crippen LogP contribution in [0.1, 0.15) is 27.9 Å². The lowest BCUT2D eigenvalue weighted by Gasteiger charge is -2.18. The van der Waals surface area contributed by atoms with E-state index >= 15 is 0 Å². The monoisotopic (exact) mass is 305 g/mol. The Hall–Kier alpha value is -1.51. The van der Waals surface area contributed by atoms with E-state index in [4.69, 9.17) is 23.2 Å². The van der Waals surface area contributed by atoms with E-state index in [0.717, 1.165) is 25.1 Å². The Morgan fingerprint density at radius 2 is 2.00 bits per heavy atom. The molecule has 0 aromatic heterocycles. The summed E-state index contributed by atoms with van der Waals surface area (Å²) >= 11 is 12.1. The molecule has 2 aromatic rings. The molecule has 1 N–H and O–H groups in total. The molecule has 1 aliphatic heterocycles. The quantitative estimate of drug-likeness (QED) is 0.823. The fraction of sp³-hybridized carbons (Fsp3) is 0.188. The van der Waals surface area contributed by atoms with Crippen LogP contribution < -0.4 is 5.32 Å². The van der Waals surface area contributed by atoms with Crippen molar-refractivity contribution in [2.75, 3.05) is 11.9 Å². The van der Waals surface area contributed by atoms with Gasteiger partial charge in [0.1, 0.15) is 0 Å². The maximum atomic E-state index is 12.5. The Morgan fingerprint density at radius 3 is 2.85 bits per heavy atom. The number of carbonyl (C=O) groups is 1. The minimum Gasteiger partial charge on any atom is -0.385 e. The highest BCUT2D eigenvalue weighted by atomic mass is 35.5. The summed E-state index contributed by atoms with van der Waals surface area (Å²) in [7, 11) is 0. The Bertz CT molecular complexity index is 682. The van der Waals surface area contributed by atoms with Gasteiger partial charge in [0, 0.05) is 23.4 Å². The molecule has 0 amide bonds. The number of fused-ring (bicyclic) bond motifs is 1. The Morgan fingerprint density at radius 1 is 1.15 bits per heavy atom. The third-order valence-electron chi connectivity index (χ3n) is 3.50. The highest BCUT2D eigenvalue weighted by Crippen LogP contribution is 2.29. The van der Waals surface area contributed by atoms with Gasteiger partial charge in [0.15, 0.2) is 5.78 Å². The molecular weight excluding hydrogens is 293 g/mol. The second-order valence-corrected chi connectivity index (χ2v) is 5.62. The fourth-order valence-corrected chi connectivity index (χ4v) is 2.84. The largest absolute Gasteiger partial charge is 0.385 e. The first kappa shape index (κ1) is 13.5. The van der Waals surface area contributed by atoms with Crippen molar-refractivity contribution < 1.29 is 4.79 Å². The second kappa shape index (κ2) is 5.47. The fourth-order valence-electron chi connectivity index (χ4n) is 2.45. The lowest BCUT2D eigenvalue weighted by molar-refractivity contribution is 0.103. The summed E-state index contributed by atoms with van der Waals surface area (Å²) in [5.41, 5.74) is 3.39. The first-order valence-corrected chi connectivity index (χ1v) is 7.28. The van der Waals surface area contributed by atoms with Crippen molar-refractivity contribution >= 4 is 34.7 Å². The summed E-state index contributed by atoms with van der Waals surface area (Å²) in [4.78, 5) is 12.5. The number of aryl methyl sites for hydroxylation is 1. The van der Waals surface area contributed by atoms with Gasteiger partial charge in [0.05, 0.1) is 10.0 Å². The van der Waals surface area contributed by atoms with Gasteiger partial charge in [-0.15, -0.1) is 0 Å². The SMILES string of the molecule is O=C(c1ccc2c(c1)CCCN2)c1cccc(Cl)c1Cl. The zero-order valence-electron chi connectivity index (χ0n) is 10.7.